The molecule has 1 aromatic carbocycles. The van der Waals surface area contributed by atoms with E-state index in [1.54, 1.807) is 32.9 Å². The molecular weight excluding hydrogens is 362 g/mol. The molecule has 0 unspecified atom stereocenters. The number of carbonyl (C=O) groups excluding carboxylic acids is 2. The number of methoxy groups -OCH3 is 1. The van der Waals surface area contributed by atoms with E-state index in [2.05, 4.69) is 10.1 Å². The first-order valence-corrected chi connectivity index (χ1v) is 9.34. The van der Waals surface area contributed by atoms with Gasteiger partial charge in [0, 0.05) is 0 Å². The molecule has 0 saturated carbocycles. The highest BCUT2D eigenvalue weighted by Gasteiger charge is 2.34. The number of carbonyl (C=O) groups is 2. The topological polar surface area (TPSA) is 108 Å². The van der Waals surface area contributed by atoms with E-state index in [1.807, 2.05) is 6.92 Å². The van der Waals surface area contributed by atoms with Crippen LogP contribution in [-0.2, 0) is 28.6 Å². The minimum Gasteiger partial charge on any atom is -0.467 e. The van der Waals surface area contributed by atoms with Crippen molar-refractivity contribution in [1.82, 2.24) is 5.32 Å². The molecule has 0 radical (unpaired) electrons. The molecule has 9 heteroatoms. The third-order valence-electron chi connectivity index (χ3n) is 3.18. The Kier molecular flexibility index (Phi) is 7.16. The van der Waals surface area contributed by atoms with E-state index in [4.69, 9.17) is 8.92 Å². The molecule has 2 atom stereocenters. The van der Waals surface area contributed by atoms with Gasteiger partial charge < -0.3 is 14.8 Å². The summed E-state index contributed by atoms with van der Waals surface area (Å²) in [4.78, 5) is 23.8. The average Bonchev–Trinajstić information content (AvgIpc) is 2.50. The van der Waals surface area contributed by atoms with E-state index in [-0.39, 0.29) is 4.90 Å². The van der Waals surface area contributed by atoms with Crippen LogP contribution in [0.3, 0.4) is 0 Å². The molecule has 1 rings (SSSR count). The van der Waals surface area contributed by atoms with Gasteiger partial charge in [-0.25, -0.2) is 9.59 Å². The monoisotopic (exact) mass is 387 g/mol. The molecule has 146 valence electrons. The maximum Gasteiger partial charge on any atom is 0.408 e. The Morgan fingerprint density at radius 1 is 1.12 bits per heavy atom. The van der Waals surface area contributed by atoms with Crippen LogP contribution in [0, 0.1) is 6.92 Å². The Morgan fingerprint density at radius 2 is 1.65 bits per heavy atom. The third kappa shape index (κ3) is 6.64. The zero-order valence-electron chi connectivity index (χ0n) is 15.7. The normalized spacial score (nSPS) is 14.2. The number of ether oxygens (including phenoxy) is 2. The lowest BCUT2D eigenvalue weighted by atomic mass is 10.2. The maximum atomic E-state index is 12.4. The Labute approximate surface area is 153 Å². The quantitative estimate of drug-likeness (QED) is 0.588. The summed E-state index contributed by atoms with van der Waals surface area (Å²) in [5.41, 5.74) is 0.0963. The van der Waals surface area contributed by atoms with Gasteiger partial charge in [0.2, 0.25) is 0 Å². The van der Waals surface area contributed by atoms with Gasteiger partial charge in [0.05, 0.1) is 12.0 Å². The Bertz CT molecular complexity index is 735. The minimum atomic E-state index is -4.13. The lowest BCUT2D eigenvalue weighted by Crippen LogP contribution is -2.51. The summed E-state index contributed by atoms with van der Waals surface area (Å²) >= 11 is 0. The van der Waals surface area contributed by atoms with Gasteiger partial charge in [0.15, 0.2) is 6.04 Å². The van der Waals surface area contributed by atoms with E-state index in [9.17, 15) is 18.0 Å². The van der Waals surface area contributed by atoms with Crippen molar-refractivity contribution in [1.29, 1.82) is 0 Å². The molecule has 0 aromatic heterocycles. The van der Waals surface area contributed by atoms with Gasteiger partial charge >= 0.3 is 12.1 Å². The zero-order valence-corrected chi connectivity index (χ0v) is 16.5. The van der Waals surface area contributed by atoms with Crippen molar-refractivity contribution in [3.8, 4) is 0 Å². The summed E-state index contributed by atoms with van der Waals surface area (Å²) in [5, 5.41) is 2.28. The summed E-state index contributed by atoms with van der Waals surface area (Å²) in [5.74, 6) is -0.859. The second kappa shape index (κ2) is 8.50. The predicted octanol–water partition coefficient (Wildman–Crippen LogP) is 2.16. The molecule has 0 aliphatic heterocycles. The van der Waals surface area contributed by atoms with Crippen LogP contribution in [-0.4, -0.2) is 45.3 Å². The van der Waals surface area contributed by atoms with Crippen LogP contribution in [0.2, 0.25) is 0 Å². The molecule has 0 bridgehead atoms. The summed E-state index contributed by atoms with van der Waals surface area (Å²) in [6, 6.07) is 4.67. The smallest absolute Gasteiger partial charge is 0.408 e. The van der Waals surface area contributed by atoms with Crippen molar-refractivity contribution in [3.63, 3.8) is 0 Å². The molecular formula is C17H25NO7S. The van der Waals surface area contributed by atoms with Gasteiger partial charge in [-0.15, -0.1) is 0 Å². The van der Waals surface area contributed by atoms with E-state index in [0.717, 1.165) is 12.7 Å². The Morgan fingerprint density at radius 3 is 2.12 bits per heavy atom. The third-order valence-corrected chi connectivity index (χ3v) is 4.59. The number of hydrogen-bond donors (Lipinski definition) is 1. The summed E-state index contributed by atoms with van der Waals surface area (Å²) in [7, 11) is -3.02. The van der Waals surface area contributed by atoms with Crippen molar-refractivity contribution >= 4 is 22.2 Å². The van der Waals surface area contributed by atoms with Crippen molar-refractivity contribution < 1.29 is 31.7 Å². The Hall–Kier alpha value is -2.13. The first-order chi connectivity index (χ1) is 11.9. The van der Waals surface area contributed by atoms with Crippen molar-refractivity contribution in [2.75, 3.05) is 7.11 Å². The first kappa shape index (κ1) is 21.9. The maximum absolute atomic E-state index is 12.4. The number of benzene rings is 1. The number of amides is 1. The number of nitrogens with one attached hydrogen (secondary N) is 1. The van der Waals surface area contributed by atoms with Crippen molar-refractivity contribution in [2.24, 2.45) is 0 Å². The van der Waals surface area contributed by atoms with Gasteiger partial charge in [-0.2, -0.15) is 8.42 Å². The fraction of sp³-hybridized carbons (Fsp3) is 0.529. The summed E-state index contributed by atoms with van der Waals surface area (Å²) in [6.07, 6.45) is -2.11. The highest BCUT2D eigenvalue weighted by atomic mass is 32.2. The van der Waals surface area contributed by atoms with Gasteiger partial charge in [-0.3, -0.25) is 4.18 Å². The SMILES string of the molecule is COC(=O)[C@H](NC(=O)OC(C)(C)C)[C@@H](C)OS(=O)(=O)c1ccc(C)cc1. The van der Waals surface area contributed by atoms with Gasteiger partial charge in [0.25, 0.3) is 10.1 Å². The number of esters is 1. The van der Waals surface area contributed by atoms with Crippen LogP contribution in [0.5, 0.6) is 0 Å². The van der Waals surface area contributed by atoms with Crippen LogP contribution >= 0.6 is 0 Å². The fourth-order valence-corrected chi connectivity index (χ4v) is 3.04. The molecule has 0 spiro atoms. The van der Waals surface area contributed by atoms with Crippen LogP contribution in [0.15, 0.2) is 29.2 Å². The molecule has 0 heterocycles. The second-order valence-electron chi connectivity index (χ2n) is 6.72. The number of alkyl carbamates (subject to hydrolysis) is 1. The summed E-state index contributed by atoms with van der Waals surface area (Å²) in [6.45, 7) is 8.12. The van der Waals surface area contributed by atoms with Gasteiger partial charge in [-0.05, 0) is 46.8 Å². The standard InChI is InChI=1S/C17H25NO7S/c1-11-7-9-13(10-8-11)26(21,22)25-12(2)14(15(19)23-6)18-16(20)24-17(3,4)5/h7-10,12,14H,1-6H3,(H,18,20)/t12-,14-/m1/s1. The van der Waals surface area contributed by atoms with Gasteiger partial charge in [0.1, 0.15) is 11.7 Å². The molecule has 0 saturated heterocycles. The highest BCUT2D eigenvalue weighted by molar-refractivity contribution is 7.86. The summed E-state index contributed by atoms with van der Waals surface area (Å²) < 4.78 is 39.5. The van der Waals surface area contributed by atoms with E-state index in [0.29, 0.717) is 0 Å². The molecule has 8 nitrogen and oxygen atoms in total. The van der Waals surface area contributed by atoms with E-state index >= 15 is 0 Å². The molecule has 0 aliphatic rings. The molecule has 1 N–H and O–H groups in total. The second-order valence-corrected chi connectivity index (χ2v) is 8.29. The highest BCUT2D eigenvalue weighted by Crippen LogP contribution is 2.17. The molecule has 1 aromatic rings. The number of hydrogen-bond acceptors (Lipinski definition) is 7. The molecule has 1 amide bonds. The van der Waals surface area contributed by atoms with Crippen molar-refractivity contribution in [3.05, 3.63) is 29.8 Å². The fourth-order valence-electron chi connectivity index (χ4n) is 1.95. The lowest BCUT2D eigenvalue weighted by Gasteiger charge is -2.25. The molecule has 0 aliphatic carbocycles. The number of aryl methyl sites for hydroxylation is 1. The molecule has 0 fully saturated rings. The first-order valence-electron chi connectivity index (χ1n) is 7.93. The van der Waals surface area contributed by atoms with Crippen molar-refractivity contribution in [2.45, 2.75) is 57.3 Å². The molecule has 26 heavy (non-hydrogen) atoms. The van der Waals surface area contributed by atoms with Crippen LogP contribution in [0.1, 0.15) is 33.3 Å². The minimum absolute atomic E-state index is 0.0594. The van der Waals surface area contributed by atoms with E-state index in [1.165, 1.54) is 19.1 Å². The predicted molar refractivity (Wildman–Crippen MR) is 94.1 cm³/mol. The lowest BCUT2D eigenvalue weighted by molar-refractivity contribution is -0.145. The van der Waals surface area contributed by atoms with Crippen LogP contribution in [0.4, 0.5) is 4.79 Å². The Balaban J connectivity index is 2.95. The largest absolute Gasteiger partial charge is 0.467 e. The van der Waals surface area contributed by atoms with Crippen LogP contribution in [0.25, 0.3) is 0 Å². The van der Waals surface area contributed by atoms with E-state index < -0.39 is 39.9 Å². The van der Waals surface area contributed by atoms with Gasteiger partial charge in [-0.1, -0.05) is 17.7 Å². The zero-order chi connectivity index (χ0) is 20.1. The average molecular weight is 387 g/mol. The number of rotatable bonds is 6. The van der Waals surface area contributed by atoms with Crippen LogP contribution < -0.4 is 5.32 Å².